The van der Waals surface area contributed by atoms with E-state index >= 15 is 0 Å². The van der Waals surface area contributed by atoms with Crippen molar-refractivity contribution in [2.75, 3.05) is 25.6 Å². The number of fused-ring (bicyclic) bond motifs is 3. The van der Waals surface area contributed by atoms with Crippen molar-refractivity contribution in [1.82, 2.24) is 9.88 Å². The topological polar surface area (TPSA) is 55.3 Å². The number of aryl methyl sites for hydroxylation is 1. The van der Waals surface area contributed by atoms with Gasteiger partial charge in [-0.05, 0) is 44.5 Å². The molecule has 1 amide bonds. The van der Waals surface area contributed by atoms with E-state index in [0.717, 1.165) is 18.7 Å². The molecule has 5 heteroatoms. The summed E-state index contributed by atoms with van der Waals surface area (Å²) in [4.78, 5) is 12.2. The molecule has 3 aromatic rings. The molecule has 5 nitrogen and oxygen atoms in total. The minimum Gasteiger partial charge on any atom is -0.385 e. The van der Waals surface area contributed by atoms with Gasteiger partial charge in [-0.3, -0.25) is 4.79 Å². The van der Waals surface area contributed by atoms with E-state index in [0.29, 0.717) is 13.2 Å². The third-order valence-corrected chi connectivity index (χ3v) is 4.69. The Labute approximate surface area is 154 Å². The van der Waals surface area contributed by atoms with Gasteiger partial charge in [-0.1, -0.05) is 18.2 Å². The minimum absolute atomic E-state index is 0.00261. The normalized spacial score (nSPS) is 12.4. The van der Waals surface area contributed by atoms with Crippen molar-refractivity contribution in [3.8, 4) is 0 Å². The number of carbonyl (C=O) groups is 1. The van der Waals surface area contributed by atoms with E-state index in [-0.39, 0.29) is 11.9 Å². The van der Waals surface area contributed by atoms with E-state index in [2.05, 4.69) is 58.5 Å². The number of aromatic nitrogens is 1. The largest absolute Gasteiger partial charge is 0.385 e. The van der Waals surface area contributed by atoms with Crippen LogP contribution in [0.2, 0.25) is 0 Å². The van der Waals surface area contributed by atoms with E-state index in [1.54, 1.807) is 7.11 Å². The fourth-order valence-corrected chi connectivity index (χ4v) is 3.38. The first-order valence-electron chi connectivity index (χ1n) is 9.20. The molecule has 2 aromatic carbocycles. The second-order valence-corrected chi connectivity index (χ2v) is 6.50. The van der Waals surface area contributed by atoms with Gasteiger partial charge >= 0.3 is 0 Å². The average Bonchev–Trinajstić information content (AvgIpc) is 2.98. The Balaban J connectivity index is 1.79. The second-order valence-electron chi connectivity index (χ2n) is 6.50. The van der Waals surface area contributed by atoms with Crippen LogP contribution in [0, 0.1) is 0 Å². The smallest absolute Gasteiger partial charge is 0.242 e. The first kappa shape index (κ1) is 18.3. The summed E-state index contributed by atoms with van der Waals surface area (Å²) in [6.45, 7) is 6.25. The van der Waals surface area contributed by atoms with Crippen LogP contribution in [0.3, 0.4) is 0 Å². The molecule has 1 heterocycles. The summed E-state index contributed by atoms with van der Waals surface area (Å²) < 4.78 is 7.32. The number of nitrogens with one attached hydrogen (secondary N) is 2. The number of methoxy groups -OCH3 is 1. The van der Waals surface area contributed by atoms with E-state index < -0.39 is 0 Å². The highest BCUT2D eigenvalue weighted by Crippen LogP contribution is 2.31. The summed E-state index contributed by atoms with van der Waals surface area (Å²) in [5, 5.41) is 8.69. The predicted octanol–water partition coefficient (Wildman–Crippen LogP) is 3.77. The van der Waals surface area contributed by atoms with E-state index in [4.69, 9.17) is 4.74 Å². The molecule has 1 aromatic heterocycles. The van der Waals surface area contributed by atoms with Gasteiger partial charge in [0.25, 0.3) is 0 Å². The fourth-order valence-electron chi connectivity index (χ4n) is 3.38. The highest BCUT2D eigenvalue weighted by atomic mass is 16.5. The molecule has 0 radical (unpaired) electrons. The quantitative estimate of drug-likeness (QED) is 0.606. The van der Waals surface area contributed by atoms with Crippen LogP contribution in [0.25, 0.3) is 21.8 Å². The molecule has 3 rings (SSSR count). The number of hydrogen-bond donors (Lipinski definition) is 2. The van der Waals surface area contributed by atoms with Gasteiger partial charge in [-0.15, -0.1) is 0 Å². The van der Waals surface area contributed by atoms with Crippen LogP contribution in [0.4, 0.5) is 5.69 Å². The summed E-state index contributed by atoms with van der Waals surface area (Å²) >= 11 is 0. The zero-order valence-electron chi connectivity index (χ0n) is 15.7. The molecule has 1 atom stereocenters. The Hall–Kier alpha value is -2.53. The maximum absolute atomic E-state index is 12.2. The molecule has 26 heavy (non-hydrogen) atoms. The summed E-state index contributed by atoms with van der Waals surface area (Å²) in [7, 11) is 1.66. The molecule has 0 saturated carbocycles. The highest BCUT2D eigenvalue weighted by Gasteiger charge is 2.14. The maximum atomic E-state index is 12.2. The number of anilines is 1. The van der Waals surface area contributed by atoms with E-state index in [1.165, 1.54) is 21.8 Å². The Morgan fingerprint density at radius 2 is 1.92 bits per heavy atom. The van der Waals surface area contributed by atoms with Gasteiger partial charge in [0.05, 0.1) is 0 Å². The van der Waals surface area contributed by atoms with Crippen LogP contribution in [-0.4, -0.2) is 36.8 Å². The van der Waals surface area contributed by atoms with Crippen molar-refractivity contribution in [3.63, 3.8) is 0 Å². The van der Waals surface area contributed by atoms with Crippen molar-refractivity contribution in [3.05, 3.63) is 42.5 Å². The zero-order valence-corrected chi connectivity index (χ0v) is 15.7. The minimum atomic E-state index is -0.297. The van der Waals surface area contributed by atoms with E-state index in [9.17, 15) is 4.79 Å². The Morgan fingerprint density at radius 3 is 2.69 bits per heavy atom. The molecular formula is C21H27N3O2. The van der Waals surface area contributed by atoms with Crippen molar-refractivity contribution >= 4 is 33.4 Å². The third-order valence-electron chi connectivity index (χ3n) is 4.69. The molecule has 0 bridgehead atoms. The lowest BCUT2D eigenvalue weighted by molar-refractivity contribution is -0.121. The van der Waals surface area contributed by atoms with Gasteiger partial charge in [0, 0.05) is 54.3 Å². The average molecular weight is 353 g/mol. The van der Waals surface area contributed by atoms with Gasteiger partial charge in [-0.25, -0.2) is 0 Å². The van der Waals surface area contributed by atoms with Crippen LogP contribution in [0.1, 0.15) is 20.3 Å². The first-order valence-corrected chi connectivity index (χ1v) is 9.20. The third kappa shape index (κ3) is 3.68. The SMILES string of the molecule is CCn1c2ccccc2c2cc(NC(C)C(=O)NCCCOC)ccc21. The Morgan fingerprint density at radius 1 is 1.15 bits per heavy atom. The standard InChI is InChI=1S/C21H27N3O2/c1-4-24-19-9-6-5-8-17(19)18-14-16(10-11-20(18)24)23-15(2)21(25)22-12-7-13-26-3/h5-6,8-11,14-15,23H,4,7,12-13H2,1-3H3,(H,22,25). The first-order chi connectivity index (χ1) is 12.7. The van der Waals surface area contributed by atoms with Crippen molar-refractivity contribution < 1.29 is 9.53 Å². The lowest BCUT2D eigenvalue weighted by Gasteiger charge is -2.15. The lowest BCUT2D eigenvalue weighted by Crippen LogP contribution is -2.38. The molecule has 0 spiro atoms. The van der Waals surface area contributed by atoms with Crippen LogP contribution in [0.5, 0.6) is 0 Å². The maximum Gasteiger partial charge on any atom is 0.242 e. The number of nitrogens with zero attached hydrogens (tertiary/aromatic N) is 1. The summed E-state index contributed by atoms with van der Waals surface area (Å²) in [6, 6.07) is 14.5. The number of amides is 1. The number of ether oxygens (including phenoxy) is 1. The molecule has 2 N–H and O–H groups in total. The monoisotopic (exact) mass is 353 g/mol. The number of rotatable bonds is 8. The molecule has 0 aliphatic carbocycles. The van der Waals surface area contributed by atoms with Crippen molar-refractivity contribution in [2.24, 2.45) is 0 Å². The molecule has 0 saturated heterocycles. The van der Waals surface area contributed by atoms with Crippen molar-refractivity contribution in [1.29, 1.82) is 0 Å². The number of hydrogen-bond acceptors (Lipinski definition) is 3. The summed E-state index contributed by atoms with van der Waals surface area (Å²) in [5.41, 5.74) is 3.41. The number of para-hydroxylation sites is 1. The van der Waals surface area contributed by atoms with Gasteiger partial charge in [0.15, 0.2) is 0 Å². The molecule has 0 aliphatic rings. The summed E-state index contributed by atoms with van der Waals surface area (Å²) in [6.07, 6.45) is 0.817. The van der Waals surface area contributed by atoms with Crippen LogP contribution < -0.4 is 10.6 Å². The number of benzene rings is 2. The van der Waals surface area contributed by atoms with Crippen LogP contribution in [0.15, 0.2) is 42.5 Å². The van der Waals surface area contributed by atoms with Gasteiger partial charge < -0.3 is 19.9 Å². The fraction of sp³-hybridized carbons (Fsp3) is 0.381. The highest BCUT2D eigenvalue weighted by molar-refractivity contribution is 6.09. The Kier molecular flexibility index (Phi) is 5.78. The molecule has 0 aliphatic heterocycles. The molecule has 0 fully saturated rings. The molecule has 1 unspecified atom stereocenters. The van der Waals surface area contributed by atoms with Crippen LogP contribution >= 0.6 is 0 Å². The Bertz CT molecular complexity index is 901. The van der Waals surface area contributed by atoms with E-state index in [1.807, 2.05) is 13.0 Å². The number of carbonyl (C=O) groups excluding carboxylic acids is 1. The van der Waals surface area contributed by atoms with Crippen LogP contribution in [-0.2, 0) is 16.1 Å². The van der Waals surface area contributed by atoms with Crippen molar-refractivity contribution in [2.45, 2.75) is 32.9 Å². The summed E-state index contributed by atoms with van der Waals surface area (Å²) in [5.74, 6) is -0.00261. The van der Waals surface area contributed by atoms with Gasteiger partial charge in [0.1, 0.15) is 6.04 Å². The van der Waals surface area contributed by atoms with Gasteiger partial charge in [-0.2, -0.15) is 0 Å². The zero-order chi connectivity index (χ0) is 18.5. The lowest BCUT2D eigenvalue weighted by atomic mass is 10.1. The second kappa shape index (κ2) is 8.23. The molecular weight excluding hydrogens is 326 g/mol. The predicted molar refractivity (Wildman–Crippen MR) is 108 cm³/mol. The molecule has 138 valence electrons. The van der Waals surface area contributed by atoms with Gasteiger partial charge in [0.2, 0.25) is 5.91 Å².